The van der Waals surface area contributed by atoms with Gasteiger partial charge in [0.15, 0.2) is 5.76 Å². The van der Waals surface area contributed by atoms with Crippen LogP contribution in [0.15, 0.2) is 40.8 Å². The maximum absolute atomic E-state index is 12.9. The quantitative estimate of drug-likeness (QED) is 0.917. The van der Waals surface area contributed by atoms with Gasteiger partial charge in [0.2, 0.25) is 0 Å². The maximum Gasteiger partial charge on any atom is 0.290 e. The van der Waals surface area contributed by atoms with Gasteiger partial charge in [0.25, 0.3) is 5.91 Å². The summed E-state index contributed by atoms with van der Waals surface area (Å²) >= 11 is 0. The highest BCUT2D eigenvalue weighted by molar-refractivity contribution is 5.92. The first kappa shape index (κ1) is 16.7. The molecular formula is C19H24N2O3. The van der Waals surface area contributed by atoms with Crippen LogP contribution in [0.2, 0.25) is 0 Å². The molecule has 0 saturated carbocycles. The van der Waals surface area contributed by atoms with E-state index in [2.05, 4.69) is 36.5 Å². The van der Waals surface area contributed by atoms with Gasteiger partial charge in [0.05, 0.1) is 6.04 Å². The standard InChI is InChI=1S/C19H24N2O3/c1-3-14-4-6-15(7-5-14)17-12-20-10-11-21(17)19(22)18-9-8-16(24-18)13-23-2/h4-9,17,20H,3,10-13H2,1-2H3. The van der Waals surface area contributed by atoms with Gasteiger partial charge in [-0.25, -0.2) is 0 Å². The molecule has 1 aliphatic rings. The number of aryl methyl sites for hydroxylation is 1. The highest BCUT2D eigenvalue weighted by Gasteiger charge is 2.30. The zero-order valence-corrected chi connectivity index (χ0v) is 14.2. The number of furan rings is 1. The van der Waals surface area contributed by atoms with Gasteiger partial charge in [-0.15, -0.1) is 0 Å². The molecule has 1 saturated heterocycles. The third-order valence-corrected chi connectivity index (χ3v) is 4.44. The Morgan fingerprint density at radius 1 is 1.29 bits per heavy atom. The minimum Gasteiger partial charge on any atom is -0.453 e. The lowest BCUT2D eigenvalue weighted by atomic mass is 10.0. The summed E-state index contributed by atoms with van der Waals surface area (Å²) in [6.45, 7) is 4.72. The fourth-order valence-corrected chi connectivity index (χ4v) is 3.07. The minimum absolute atomic E-state index is 0.0214. The lowest BCUT2D eigenvalue weighted by molar-refractivity contribution is 0.0595. The van der Waals surface area contributed by atoms with Crippen LogP contribution >= 0.6 is 0 Å². The molecule has 0 spiro atoms. The zero-order valence-electron chi connectivity index (χ0n) is 14.2. The number of hydrogen-bond acceptors (Lipinski definition) is 4. The van der Waals surface area contributed by atoms with Crippen LogP contribution in [-0.4, -0.2) is 37.6 Å². The molecule has 0 aliphatic carbocycles. The molecule has 2 aromatic rings. The number of nitrogens with one attached hydrogen (secondary N) is 1. The van der Waals surface area contributed by atoms with Gasteiger partial charge in [-0.3, -0.25) is 4.79 Å². The van der Waals surface area contributed by atoms with Crippen LogP contribution in [0.4, 0.5) is 0 Å². The molecule has 5 heteroatoms. The Morgan fingerprint density at radius 2 is 2.08 bits per heavy atom. The summed E-state index contributed by atoms with van der Waals surface area (Å²) in [6.07, 6.45) is 1.01. The smallest absolute Gasteiger partial charge is 0.290 e. The van der Waals surface area contributed by atoms with Gasteiger partial charge in [-0.1, -0.05) is 31.2 Å². The first-order valence-corrected chi connectivity index (χ1v) is 8.41. The number of hydrogen-bond donors (Lipinski definition) is 1. The minimum atomic E-state index is -0.0663. The normalized spacial score (nSPS) is 17.9. The molecule has 2 heterocycles. The highest BCUT2D eigenvalue weighted by Crippen LogP contribution is 2.25. The second-order valence-electron chi connectivity index (χ2n) is 6.01. The van der Waals surface area contributed by atoms with E-state index >= 15 is 0 Å². The van der Waals surface area contributed by atoms with Crippen molar-refractivity contribution >= 4 is 5.91 Å². The summed E-state index contributed by atoms with van der Waals surface area (Å²) in [4.78, 5) is 14.8. The molecule has 128 valence electrons. The summed E-state index contributed by atoms with van der Waals surface area (Å²) in [5.41, 5.74) is 2.45. The lowest BCUT2D eigenvalue weighted by Gasteiger charge is -2.36. The van der Waals surface area contributed by atoms with E-state index in [0.29, 0.717) is 24.7 Å². The first-order valence-electron chi connectivity index (χ1n) is 8.41. The SMILES string of the molecule is CCc1ccc(C2CNCCN2C(=O)c2ccc(COC)o2)cc1. The Labute approximate surface area is 142 Å². The van der Waals surface area contributed by atoms with Gasteiger partial charge >= 0.3 is 0 Å². The van der Waals surface area contributed by atoms with Crippen molar-refractivity contribution in [1.29, 1.82) is 0 Å². The van der Waals surface area contributed by atoms with Crippen LogP contribution in [0.5, 0.6) is 0 Å². The number of carbonyl (C=O) groups is 1. The number of carbonyl (C=O) groups excluding carboxylic acids is 1. The Kier molecular flexibility index (Phi) is 5.33. The summed E-state index contributed by atoms with van der Waals surface area (Å²) < 4.78 is 10.7. The third kappa shape index (κ3) is 3.52. The van der Waals surface area contributed by atoms with E-state index in [1.165, 1.54) is 5.56 Å². The Morgan fingerprint density at radius 3 is 2.79 bits per heavy atom. The molecule has 1 aliphatic heterocycles. The van der Waals surface area contributed by atoms with E-state index in [1.807, 2.05) is 4.90 Å². The summed E-state index contributed by atoms with van der Waals surface area (Å²) in [5, 5.41) is 3.38. The fourth-order valence-electron chi connectivity index (χ4n) is 3.07. The second kappa shape index (κ2) is 7.64. The zero-order chi connectivity index (χ0) is 16.9. The van der Waals surface area contributed by atoms with Gasteiger partial charge in [-0.2, -0.15) is 0 Å². The topological polar surface area (TPSA) is 54.7 Å². The number of rotatable bonds is 5. The molecule has 1 unspecified atom stereocenters. The molecular weight excluding hydrogens is 304 g/mol. The summed E-state index contributed by atoms with van der Waals surface area (Å²) in [7, 11) is 1.61. The Balaban J connectivity index is 1.81. The number of methoxy groups -OCH3 is 1. The summed E-state index contributed by atoms with van der Waals surface area (Å²) in [5.74, 6) is 0.974. The molecule has 0 bridgehead atoms. The van der Waals surface area contributed by atoms with Crippen molar-refractivity contribution < 1.29 is 13.9 Å². The predicted molar refractivity (Wildman–Crippen MR) is 91.9 cm³/mol. The molecule has 1 aromatic heterocycles. The van der Waals surface area contributed by atoms with Gasteiger partial charge < -0.3 is 19.4 Å². The van der Waals surface area contributed by atoms with E-state index in [0.717, 1.165) is 25.1 Å². The van der Waals surface area contributed by atoms with E-state index in [1.54, 1.807) is 19.2 Å². The number of amides is 1. The number of nitrogens with zero attached hydrogens (tertiary/aromatic N) is 1. The van der Waals surface area contributed by atoms with Crippen LogP contribution in [-0.2, 0) is 17.8 Å². The molecule has 24 heavy (non-hydrogen) atoms. The molecule has 1 atom stereocenters. The summed E-state index contributed by atoms with van der Waals surface area (Å²) in [6, 6.07) is 12.1. The molecule has 3 rings (SSSR count). The largest absolute Gasteiger partial charge is 0.453 e. The Hall–Kier alpha value is -2.11. The third-order valence-electron chi connectivity index (χ3n) is 4.44. The molecule has 1 fully saturated rings. The van der Waals surface area contributed by atoms with Crippen molar-refractivity contribution in [2.24, 2.45) is 0 Å². The molecule has 1 aromatic carbocycles. The second-order valence-corrected chi connectivity index (χ2v) is 6.01. The molecule has 5 nitrogen and oxygen atoms in total. The molecule has 1 N–H and O–H groups in total. The van der Waals surface area contributed by atoms with Crippen LogP contribution in [0.25, 0.3) is 0 Å². The first-order chi connectivity index (χ1) is 11.7. The Bertz CT molecular complexity index is 678. The van der Waals surface area contributed by atoms with Crippen molar-refractivity contribution in [3.05, 3.63) is 59.0 Å². The fraction of sp³-hybridized carbons (Fsp3) is 0.421. The van der Waals surface area contributed by atoms with Crippen molar-refractivity contribution in [3.63, 3.8) is 0 Å². The van der Waals surface area contributed by atoms with Crippen LogP contribution in [0.3, 0.4) is 0 Å². The lowest BCUT2D eigenvalue weighted by Crippen LogP contribution is -2.48. The van der Waals surface area contributed by atoms with Gasteiger partial charge in [-0.05, 0) is 29.7 Å². The number of benzene rings is 1. The van der Waals surface area contributed by atoms with Crippen LogP contribution in [0, 0.1) is 0 Å². The van der Waals surface area contributed by atoms with E-state index in [4.69, 9.17) is 9.15 Å². The van der Waals surface area contributed by atoms with Crippen LogP contribution < -0.4 is 5.32 Å². The van der Waals surface area contributed by atoms with Gasteiger partial charge in [0.1, 0.15) is 12.4 Å². The van der Waals surface area contributed by atoms with Crippen molar-refractivity contribution in [2.45, 2.75) is 26.0 Å². The van der Waals surface area contributed by atoms with Gasteiger partial charge in [0, 0.05) is 26.7 Å². The maximum atomic E-state index is 12.9. The molecule has 1 amide bonds. The van der Waals surface area contributed by atoms with Crippen LogP contribution in [0.1, 0.15) is 40.4 Å². The molecule has 0 radical (unpaired) electrons. The van der Waals surface area contributed by atoms with Crippen molar-refractivity contribution in [1.82, 2.24) is 10.2 Å². The predicted octanol–water partition coefficient (Wildman–Crippen LogP) is 2.78. The number of piperazine rings is 1. The van der Waals surface area contributed by atoms with Crippen molar-refractivity contribution in [3.8, 4) is 0 Å². The monoisotopic (exact) mass is 328 g/mol. The van der Waals surface area contributed by atoms with E-state index in [9.17, 15) is 4.79 Å². The number of ether oxygens (including phenoxy) is 1. The average molecular weight is 328 g/mol. The van der Waals surface area contributed by atoms with Crippen molar-refractivity contribution in [2.75, 3.05) is 26.7 Å². The highest BCUT2D eigenvalue weighted by atomic mass is 16.5. The van der Waals surface area contributed by atoms with E-state index in [-0.39, 0.29) is 11.9 Å². The van der Waals surface area contributed by atoms with E-state index < -0.39 is 0 Å². The average Bonchev–Trinajstić information content (AvgIpc) is 3.10.